The van der Waals surface area contributed by atoms with Crippen LogP contribution in [0.25, 0.3) is 0 Å². The quantitative estimate of drug-likeness (QED) is 0.853. The van der Waals surface area contributed by atoms with Gasteiger partial charge in [-0.1, -0.05) is 52.9 Å². The maximum atomic E-state index is 6.40. The molecular weight excluding hydrogens is 336 g/mol. The fourth-order valence-corrected chi connectivity index (χ4v) is 4.42. The Labute approximate surface area is 135 Å². The molecule has 0 aromatic heterocycles. The highest BCUT2D eigenvalue weighted by molar-refractivity contribution is 9.10. The van der Waals surface area contributed by atoms with Crippen molar-refractivity contribution in [3.05, 3.63) is 33.3 Å². The molecule has 3 rings (SSSR count). The van der Waals surface area contributed by atoms with Crippen molar-refractivity contribution in [1.29, 1.82) is 0 Å². The van der Waals surface area contributed by atoms with E-state index in [1.165, 1.54) is 37.7 Å². The summed E-state index contributed by atoms with van der Waals surface area (Å²) in [5, 5.41) is 4.48. The summed E-state index contributed by atoms with van der Waals surface area (Å²) in [6, 6.07) is 6.26. The Morgan fingerprint density at radius 3 is 2.80 bits per heavy atom. The van der Waals surface area contributed by atoms with Gasteiger partial charge >= 0.3 is 0 Å². The lowest BCUT2D eigenvalue weighted by molar-refractivity contribution is 0.0209. The Bertz CT molecular complexity index is 463. The van der Waals surface area contributed by atoms with Crippen molar-refractivity contribution < 1.29 is 0 Å². The molecule has 110 valence electrons. The van der Waals surface area contributed by atoms with Crippen molar-refractivity contribution in [3.63, 3.8) is 0 Å². The molecule has 0 amide bonds. The van der Waals surface area contributed by atoms with Crippen LogP contribution in [0.3, 0.4) is 0 Å². The third-order valence-corrected chi connectivity index (χ3v) is 5.69. The number of hydrogen-bond donors (Lipinski definition) is 1. The maximum absolute atomic E-state index is 6.40. The van der Waals surface area contributed by atoms with Crippen molar-refractivity contribution >= 4 is 27.5 Å². The molecule has 2 nitrogen and oxygen atoms in total. The second kappa shape index (κ2) is 6.35. The molecule has 1 heterocycles. The number of nitrogens with one attached hydrogen (secondary N) is 1. The van der Waals surface area contributed by atoms with Gasteiger partial charge in [0.1, 0.15) is 0 Å². The number of rotatable bonds is 2. The predicted molar refractivity (Wildman–Crippen MR) is 88.2 cm³/mol. The maximum Gasteiger partial charge on any atom is 0.0462 e. The minimum Gasteiger partial charge on any atom is -0.314 e. The lowest BCUT2D eigenvalue weighted by Gasteiger charge is -2.50. The van der Waals surface area contributed by atoms with Crippen molar-refractivity contribution in [2.45, 2.75) is 44.2 Å². The second-order valence-electron chi connectivity index (χ2n) is 6.12. The molecule has 4 heteroatoms. The monoisotopic (exact) mass is 356 g/mol. The number of benzene rings is 1. The van der Waals surface area contributed by atoms with Crippen molar-refractivity contribution in [2.75, 3.05) is 19.6 Å². The van der Waals surface area contributed by atoms with Crippen LogP contribution in [-0.4, -0.2) is 30.1 Å². The average molecular weight is 358 g/mol. The molecule has 1 saturated carbocycles. The lowest BCUT2D eigenvalue weighted by Crippen LogP contribution is -2.61. The summed E-state index contributed by atoms with van der Waals surface area (Å²) in [6.07, 6.45) is 6.79. The highest BCUT2D eigenvalue weighted by Gasteiger charge is 2.39. The fourth-order valence-electron chi connectivity index (χ4n) is 3.69. The zero-order valence-electron chi connectivity index (χ0n) is 11.8. The Kier molecular flexibility index (Phi) is 4.71. The molecule has 1 aromatic rings. The van der Waals surface area contributed by atoms with Crippen molar-refractivity contribution in [3.8, 4) is 0 Å². The Morgan fingerprint density at radius 1 is 1.25 bits per heavy atom. The van der Waals surface area contributed by atoms with Gasteiger partial charge in [0.15, 0.2) is 0 Å². The van der Waals surface area contributed by atoms with Gasteiger partial charge in [0.25, 0.3) is 0 Å². The molecule has 0 atom stereocenters. The molecule has 0 unspecified atom stereocenters. The third kappa shape index (κ3) is 3.06. The van der Waals surface area contributed by atoms with E-state index in [9.17, 15) is 0 Å². The van der Waals surface area contributed by atoms with E-state index < -0.39 is 0 Å². The zero-order chi connectivity index (χ0) is 14.0. The number of hydrogen-bond acceptors (Lipinski definition) is 2. The first-order valence-electron chi connectivity index (χ1n) is 7.59. The molecule has 1 N–H and O–H groups in total. The topological polar surface area (TPSA) is 15.3 Å². The van der Waals surface area contributed by atoms with Crippen molar-refractivity contribution in [1.82, 2.24) is 10.2 Å². The van der Waals surface area contributed by atoms with Gasteiger partial charge in [-0.15, -0.1) is 0 Å². The van der Waals surface area contributed by atoms with Crippen LogP contribution in [0.5, 0.6) is 0 Å². The Hall–Kier alpha value is -0.0900. The zero-order valence-corrected chi connectivity index (χ0v) is 14.1. The van der Waals surface area contributed by atoms with E-state index in [4.69, 9.17) is 11.6 Å². The van der Waals surface area contributed by atoms with Crippen LogP contribution in [0.2, 0.25) is 5.02 Å². The largest absolute Gasteiger partial charge is 0.314 e. The predicted octanol–water partition coefficient (Wildman–Crippen LogP) is 4.21. The lowest BCUT2D eigenvalue weighted by atomic mass is 9.79. The van der Waals surface area contributed by atoms with Gasteiger partial charge in [0.2, 0.25) is 0 Å². The van der Waals surface area contributed by atoms with E-state index in [-0.39, 0.29) is 0 Å². The van der Waals surface area contributed by atoms with Gasteiger partial charge in [-0.05, 0) is 30.5 Å². The first-order chi connectivity index (χ1) is 9.70. The number of piperazine rings is 1. The summed E-state index contributed by atoms with van der Waals surface area (Å²) in [7, 11) is 0. The van der Waals surface area contributed by atoms with E-state index in [1.807, 2.05) is 6.07 Å². The summed E-state index contributed by atoms with van der Waals surface area (Å²) >= 11 is 9.89. The molecule has 2 aliphatic rings. The highest BCUT2D eigenvalue weighted by Crippen LogP contribution is 2.36. The fraction of sp³-hybridized carbons (Fsp3) is 0.625. The van der Waals surface area contributed by atoms with Crippen LogP contribution in [0.15, 0.2) is 22.7 Å². The van der Waals surface area contributed by atoms with E-state index in [2.05, 4.69) is 38.3 Å². The minimum absolute atomic E-state index is 0.368. The van der Waals surface area contributed by atoms with Crippen LogP contribution < -0.4 is 5.32 Å². The molecule has 1 aliphatic heterocycles. The minimum atomic E-state index is 0.368. The molecule has 1 aliphatic carbocycles. The van der Waals surface area contributed by atoms with Gasteiger partial charge in [-0.3, -0.25) is 4.90 Å². The van der Waals surface area contributed by atoms with Gasteiger partial charge < -0.3 is 5.32 Å². The van der Waals surface area contributed by atoms with Crippen LogP contribution in [0.1, 0.15) is 37.7 Å². The number of nitrogens with zero attached hydrogens (tertiary/aromatic N) is 1. The SMILES string of the molecule is Clc1cc(Br)ccc1CN1CCNCC12CCCCC2. The van der Waals surface area contributed by atoms with Gasteiger partial charge in [-0.25, -0.2) is 0 Å². The van der Waals surface area contributed by atoms with Gasteiger partial charge in [-0.2, -0.15) is 0 Å². The Balaban J connectivity index is 1.79. The smallest absolute Gasteiger partial charge is 0.0462 e. The summed E-state index contributed by atoms with van der Waals surface area (Å²) in [5.41, 5.74) is 1.62. The van der Waals surface area contributed by atoms with Crippen molar-refractivity contribution in [2.24, 2.45) is 0 Å². The van der Waals surface area contributed by atoms with Crippen LogP contribution in [0, 0.1) is 0 Å². The average Bonchev–Trinajstić information content (AvgIpc) is 2.45. The van der Waals surface area contributed by atoms with Crippen LogP contribution >= 0.6 is 27.5 Å². The van der Waals surface area contributed by atoms with Crippen LogP contribution in [0.4, 0.5) is 0 Å². The molecule has 20 heavy (non-hydrogen) atoms. The summed E-state index contributed by atoms with van der Waals surface area (Å²) in [5.74, 6) is 0. The van der Waals surface area contributed by atoms with E-state index >= 15 is 0 Å². The molecule has 1 saturated heterocycles. The first-order valence-corrected chi connectivity index (χ1v) is 8.76. The van der Waals surface area contributed by atoms with Crippen LogP contribution in [-0.2, 0) is 6.54 Å². The van der Waals surface area contributed by atoms with Gasteiger partial charge in [0.05, 0.1) is 0 Å². The number of halogens is 2. The molecule has 1 aromatic carbocycles. The Morgan fingerprint density at radius 2 is 2.05 bits per heavy atom. The summed E-state index contributed by atoms with van der Waals surface area (Å²) in [4.78, 5) is 2.68. The summed E-state index contributed by atoms with van der Waals surface area (Å²) in [6.45, 7) is 4.34. The van der Waals surface area contributed by atoms with E-state index in [1.54, 1.807) is 0 Å². The normalized spacial score (nSPS) is 23.1. The molecule has 2 fully saturated rings. The van der Waals surface area contributed by atoms with E-state index in [0.29, 0.717) is 5.54 Å². The van der Waals surface area contributed by atoms with E-state index in [0.717, 1.165) is 35.7 Å². The molecule has 0 radical (unpaired) electrons. The molecular formula is C16H22BrClN2. The second-order valence-corrected chi connectivity index (χ2v) is 7.44. The summed E-state index contributed by atoms with van der Waals surface area (Å²) < 4.78 is 1.05. The molecule has 0 bridgehead atoms. The molecule has 1 spiro atoms. The third-order valence-electron chi connectivity index (χ3n) is 4.84. The standard InChI is InChI=1S/C16H22BrClN2/c17-14-5-4-13(15(18)10-14)11-20-9-8-19-12-16(20)6-2-1-3-7-16/h4-5,10,19H,1-3,6-9,11-12H2. The highest BCUT2D eigenvalue weighted by atomic mass is 79.9. The van der Waals surface area contributed by atoms with Gasteiger partial charge in [0, 0.05) is 41.2 Å². The first kappa shape index (κ1) is 14.8.